The average Bonchev–Trinajstić information content (AvgIpc) is 2.54. The predicted octanol–water partition coefficient (Wildman–Crippen LogP) is 3.54. The molecule has 0 atom stereocenters. The van der Waals surface area contributed by atoms with E-state index in [1.807, 2.05) is 0 Å². The monoisotopic (exact) mass is 285 g/mol. The molecule has 1 heterocycles. The largest absolute Gasteiger partial charge is 0.478 e. The fourth-order valence-electron chi connectivity index (χ4n) is 2.99. The first-order chi connectivity index (χ1) is 10.4. The molecule has 112 valence electrons. The number of benzene rings is 2. The summed E-state index contributed by atoms with van der Waals surface area (Å²) >= 11 is 0. The van der Waals surface area contributed by atoms with Crippen molar-refractivity contribution in [3.63, 3.8) is 0 Å². The molecule has 2 aromatic rings. The summed E-state index contributed by atoms with van der Waals surface area (Å²) in [5, 5.41) is 11.4. The van der Waals surface area contributed by atoms with Crippen molar-refractivity contribution in [3.05, 3.63) is 42.0 Å². The summed E-state index contributed by atoms with van der Waals surface area (Å²) in [4.78, 5) is 2.37. The maximum Gasteiger partial charge on any atom is 0.142 e. The van der Waals surface area contributed by atoms with Crippen molar-refractivity contribution in [2.24, 2.45) is 0 Å². The van der Waals surface area contributed by atoms with Crippen molar-refractivity contribution in [1.29, 1.82) is 0 Å². The highest BCUT2D eigenvalue weighted by Gasteiger charge is 2.18. The van der Waals surface area contributed by atoms with Gasteiger partial charge in [0.2, 0.25) is 0 Å². The highest BCUT2D eigenvalue weighted by atomic mass is 16.5. The SMILES string of the molecule is OCCCCCCN1COc2ccc3ccccc3c2C1. The highest BCUT2D eigenvalue weighted by Crippen LogP contribution is 2.32. The van der Waals surface area contributed by atoms with Crippen molar-refractivity contribution < 1.29 is 9.84 Å². The summed E-state index contributed by atoms with van der Waals surface area (Å²) in [5.74, 6) is 1.03. The van der Waals surface area contributed by atoms with Gasteiger partial charge >= 0.3 is 0 Å². The van der Waals surface area contributed by atoms with Gasteiger partial charge in [-0.2, -0.15) is 0 Å². The van der Waals surface area contributed by atoms with Crippen molar-refractivity contribution >= 4 is 10.8 Å². The minimum absolute atomic E-state index is 0.312. The lowest BCUT2D eigenvalue weighted by atomic mass is 10.0. The molecule has 0 fully saturated rings. The van der Waals surface area contributed by atoms with Gasteiger partial charge in [0, 0.05) is 25.3 Å². The number of rotatable bonds is 6. The van der Waals surface area contributed by atoms with Gasteiger partial charge in [-0.1, -0.05) is 43.2 Å². The predicted molar refractivity (Wildman–Crippen MR) is 85.4 cm³/mol. The van der Waals surface area contributed by atoms with E-state index in [2.05, 4.69) is 41.3 Å². The number of hydrogen-bond acceptors (Lipinski definition) is 3. The summed E-state index contributed by atoms with van der Waals surface area (Å²) < 4.78 is 5.91. The van der Waals surface area contributed by atoms with Crippen LogP contribution in [0.5, 0.6) is 5.75 Å². The highest BCUT2D eigenvalue weighted by molar-refractivity contribution is 5.87. The Hall–Kier alpha value is -1.58. The number of unbranched alkanes of at least 4 members (excludes halogenated alkanes) is 3. The average molecular weight is 285 g/mol. The van der Waals surface area contributed by atoms with Crippen LogP contribution in [-0.4, -0.2) is 29.9 Å². The molecule has 2 aromatic carbocycles. The van der Waals surface area contributed by atoms with E-state index < -0.39 is 0 Å². The maximum absolute atomic E-state index is 8.79. The third-order valence-corrected chi connectivity index (χ3v) is 4.16. The van der Waals surface area contributed by atoms with Gasteiger partial charge in [-0.05, 0) is 29.7 Å². The van der Waals surface area contributed by atoms with Crippen LogP contribution in [-0.2, 0) is 6.54 Å². The molecule has 0 saturated heterocycles. The Balaban J connectivity index is 1.65. The fourth-order valence-corrected chi connectivity index (χ4v) is 2.99. The van der Waals surface area contributed by atoms with Crippen LogP contribution < -0.4 is 4.74 Å². The third-order valence-electron chi connectivity index (χ3n) is 4.16. The first kappa shape index (κ1) is 14.4. The van der Waals surface area contributed by atoms with E-state index in [1.165, 1.54) is 29.2 Å². The zero-order valence-electron chi connectivity index (χ0n) is 12.4. The van der Waals surface area contributed by atoms with E-state index in [0.717, 1.165) is 31.7 Å². The van der Waals surface area contributed by atoms with E-state index in [-0.39, 0.29) is 0 Å². The molecule has 3 nitrogen and oxygen atoms in total. The number of aliphatic hydroxyl groups excluding tert-OH is 1. The number of fused-ring (bicyclic) bond motifs is 3. The number of ether oxygens (including phenoxy) is 1. The Morgan fingerprint density at radius 1 is 1.00 bits per heavy atom. The van der Waals surface area contributed by atoms with Crippen LogP contribution in [0.1, 0.15) is 31.2 Å². The Kier molecular flexibility index (Phi) is 4.73. The lowest BCUT2D eigenvalue weighted by molar-refractivity contribution is 0.0943. The topological polar surface area (TPSA) is 32.7 Å². The Morgan fingerprint density at radius 3 is 2.76 bits per heavy atom. The van der Waals surface area contributed by atoms with E-state index in [9.17, 15) is 0 Å². The molecular weight excluding hydrogens is 262 g/mol. The van der Waals surface area contributed by atoms with Crippen LogP contribution in [0, 0.1) is 0 Å². The molecule has 0 spiro atoms. The second kappa shape index (κ2) is 6.92. The van der Waals surface area contributed by atoms with Gasteiger partial charge in [0.1, 0.15) is 12.5 Å². The van der Waals surface area contributed by atoms with Crippen LogP contribution in [0.15, 0.2) is 36.4 Å². The first-order valence-corrected chi connectivity index (χ1v) is 7.85. The zero-order chi connectivity index (χ0) is 14.5. The van der Waals surface area contributed by atoms with E-state index in [4.69, 9.17) is 9.84 Å². The van der Waals surface area contributed by atoms with Crippen LogP contribution >= 0.6 is 0 Å². The molecule has 0 aliphatic carbocycles. The van der Waals surface area contributed by atoms with Crippen molar-refractivity contribution in [1.82, 2.24) is 4.90 Å². The summed E-state index contributed by atoms with van der Waals surface area (Å²) in [6.45, 7) is 3.03. The number of hydrogen-bond donors (Lipinski definition) is 1. The molecule has 0 bridgehead atoms. The second-order valence-corrected chi connectivity index (χ2v) is 5.73. The summed E-state index contributed by atoms with van der Waals surface area (Å²) in [6, 6.07) is 12.7. The zero-order valence-corrected chi connectivity index (χ0v) is 12.4. The smallest absolute Gasteiger partial charge is 0.142 e. The molecule has 0 unspecified atom stereocenters. The van der Waals surface area contributed by atoms with E-state index >= 15 is 0 Å². The van der Waals surface area contributed by atoms with Gasteiger partial charge in [-0.3, -0.25) is 4.90 Å². The summed E-state index contributed by atoms with van der Waals surface area (Å²) in [5.41, 5.74) is 1.31. The van der Waals surface area contributed by atoms with Crippen LogP contribution in [0.3, 0.4) is 0 Å². The van der Waals surface area contributed by atoms with Gasteiger partial charge in [0.25, 0.3) is 0 Å². The van der Waals surface area contributed by atoms with Gasteiger partial charge in [-0.15, -0.1) is 0 Å². The Morgan fingerprint density at radius 2 is 1.86 bits per heavy atom. The Bertz CT molecular complexity index is 597. The number of aliphatic hydroxyl groups is 1. The van der Waals surface area contributed by atoms with Crippen molar-refractivity contribution in [3.8, 4) is 5.75 Å². The van der Waals surface area contributed by atoms with Gasteiger partial charge in [-0.25, -0.2) is 0 Å². The van der Waals surface area contributed by atoms with E-state index in [1.54, 1.807) is 0 Å². The van der Waals surface area contributed by atoms with Crippen LogP contribution in [0.4, 0.5) is 0 Å². The first-order valence-electron chi connectivity index (χ1n) is 7.85. The lowest BCUT2D eigenvalue weighted by Crippen LogP contribution is -2.32. The van der Waals surface area contributed by atoms with Crippen molar-refractivity contribution in [2.75, 3.05) is 19.9 Å². The molecule has 1 N–H and O–H groups in total. The molecule has 0 amide bonds. The lowest BCUT2D eigenvalue weighted by Gasteiger charge is -2.29. The molecule has 1 aliphatic heterocycles. The van der Waals surface area contributed by atoms with Gasteiger partial charge in [0.15, 0.2) is 0 Å². The number of nitrogens with zero attached hydrogens (tertiary/aromatic N) is 1. The van der Waals surface area contributed by atoms with Gasteiger partial charge < -0.3 is 9.84 Å². The maximum atomic E-state index is 8.79. The molecule has 0 radical (unpaired) electrons. The fraction of sp³-hybridized carbons (Fsp3) is 0.444. The van der Waals surface area contributed by atoms with Crippen molar-refractivity contribution in [2.45, 2.75) is 32.2 Å². The van der Waals surface area contributed by atoms with Crippen LogP contribution in [0.25, 0.3) is 10.8 Å². The third kappa shape index (κ3) is 3.36. The summed E-state index contributed by atoms with van der Waals surface area (Å²) in [7, 11) is 0. The molecule has 0 aromatic heterocycles. The normalized spacial score (nSPS) is 14.9. The summed E-state index contributed by atoms with van der Waals surface area (Å²) in [6.07, 6.45) is 4.39. The minimum Gasteiger partial charge on any atom is -0.478 e. The molecular formula is C18H23NO2. The van der Waals surface area contributed by atoms with Crippen LogP contribution in [0.2, 0.25) is 0 Å². The molecule has 0 saturated carbocycles. The second-order valence-electron chi connectivity index (χ2n) is 5.73. The quantitative estimate of drug-likeness (QED) is 0.824. The van der Waals surface area contributed by atoms with E-state index in [0.29, 0.717) is 13.3 Å². The molecule has 3 rings (SSSR count). The molecule has 21 heavy (non-hydrogen) atoms. The standard InChI is InChI=1S/C18H23NO2/c20-12-6-2-1-5-11-19-13-17-16-8-4-3-7-15(16)9-10-18(17)21-14-19/h3-4,7-10,20H,1-2,5-6,11-14H2. The molecule has 1 aliphatic rings. The minimum atomic E-state index is 0.312. The Labute approximate surface area is 126 Å². The van der Waals surface area contributed by atoms with Gasteiger partial charge in [0.05, 0.1) is 0 Å². The molecule has 3 heteroatoms.